The van der Waals surface area contributed by atoms with Crippen molar-refractivity contribution in [2.45, 2.75) is 6.92 Å². The largest absolute Gasteiger partial charge is 0.755 e. The Morgan fingerprint density at radius 3 is 2.56 bits per heavy atom. The van der Waals surface area contributed by atoms with E-state index in [0.29, 0.717) is 5.69 Å². The van der Waals surface area contributed by atoms with E-state index in [2.05, 4.69) is 15.5 Å². The van der Waals surface area contributed by atoms with Gasteiger partial charge in [-0.3, -0.25) is 14.8 Å². The van der Waals surface area contributed by atoms with E-state index in [1.807, 2.05) is 0 Å². The fourth-order valence-electron chi connectivity index (χ4n) is 1.16. The lowest BCUT2D eigenvalue weighted by molar-refractivity contribution is -0.114. The van der Waals surface area contributed by atoms with E-state index in [1.54, 1.807) is 12.1 Å². The van der Waals surface area contributed by atoms with Crippen LogP contribution in [0.4, 0.5) is 17.1 Å². The standard InChI is InChI=1S/C8H12N4O3S/c1-5(13)10-8-6(11-9)3-2-4-7(8)12-16(14)15/h2-4,11-12H,9H2,1H3,(H,10,13)(H,14,15)/p-1. The Balaban J connectivity index is 3.14. The zero-order valence-corrected chi connectivity index (χ0v) is 9.26. The molecule has 1 aromatic carbocycles. The number of hydrogen-bond donors (Lipinski definition) is 4. The zero-order valence-electron chi connectivity index (χ0n) is 8.44. The third kappa shape index (κ3) is 3.19. The maximum atomic E-state index is 11.0. The SMILES string of the molecule is CC(=O)Nc1c(NN)cccc1NS(=O)[O-]. The van der Waals surface area contributed by atoms with Gasteiger partial charge in [0.2, 0.25) is 5.91 Å². The Hall–Kier alpha value is -1.64. The number of nitrogen functional groups attached to an aromatic ring is 1. The maximum absolute atomic E-state index is 11.0. The molecule has 0 saturated carbocycles. The molecule has 0 aromatic heterocycles. The lowest BCUT2D eigenvalue weighted by atomic mass is 10.2. The molecule has 8 heteroatoms. The highest BCUT2D eigenvalue weighted by atomic mass is 32.2. The van der Waals surface area contributed by atoms with Crippen molar-refractivity contribution >= 4 is 34.2 Å². The van der Waals surface area contributed by atoms with Crippen LogP contribution in [0.15, 0.2) is 18.2 Å². The van der Waals surface area contributed by atoms with Gasteiger partial charge in [-0.25, -0.2) is 0 Å². The van der Waals surface area contributed by atoms with Gasteiger partial charge in [-0.15, -0.1) is 0 Å². The van der Waals surface area contributed by atoms with Gasteiger partial charge in [0.25, 0.3) is 0 Å². The van der Waals surface area contributed by atoms with Crippen LogP contribution < -0.4 is 21.3 Å². The molecule has 0 aliphatic heterocycles. The maximum Gasteiger partial charge on any atom is 0.221 e. The number of carbonyl (C=O) groups excluding carboxylic acids is 1. The summed E-state index contributed by atoms with van der Waals surface area (Å²) < 4.78 is 23.2. The van der Waals surface area contributed by atoms with E-state index < -0.39 is 11.3 Å². The predicted octanol–water partition coefficient (Wildman–Crippen LogP) is 0.137. The van der Waals surface area contributed by atoms with Gasteiger partial charge in [-0.05, 0) is 12.1 Å². The average Bonchev–Trinajstić information content (AvgIpc) is 2.19. The highest BCUT2D eigenvalue weighted by Gasteiger charge is 2.08. The third-order valence-corrected chi connectivity index (χ3v) is 2.10. The first-order valence-corrected chi connectivity index (χ1v) is 5.35. The summed E-state index contributed by atoms with van der Waals surface area (Å²) in [6.07, 6.45) is 0. The number of nitrogens with one attached hydrogen (secondary N) is 3. The molecule has 1 rings (SSSR count). The van der Waals surface area contributed by atoms with Gasteiger partial charge in [0.15, 0.2) is 0 Å². The number of carbonyl (C=O) groups is 1. The molecule has 1 amide bonds. The Kier molecular flexibility index (Phi) is 4.23. The van der Waals surface area contributed by atoms with E-state index in [4.69, 9.17) is 5.84 Å². The number of benzene rings is 1. The van der Waals surface area contributed by atoms with Gasteiger partial charge in [0.1, 0.15) is 0 Å². The number of amides is 1. The first-order valence-electron chi connectivity index (χ1n) is 4.27. The third-order valence-electron chi connectivity index (χ3n) is 1.71. The minimum absolute atomic E-state index is 0.235. The molecule has 5 N–H and O–H groups in total. The molecule has 88 valence electrons. The number of hydrogen-bond acceptors (Lipinski definition) is 5. The summed E-state index contributed by atoms with van der Waals surface area (Å²) in [6.45, 7) is 1.31. The fraction of sp³-hybridized carbons (Fsp3) is 0.125. The summed E-state index contributed by atoms with van der Waals surface area (Å²) in [5, 5.41) is 2.48. The van der Waals surface area contributed by atoms with E-state index >= 15 is 0 Å². The van der Waals surface area contributed by atoms with Crippen molar-refractivity contribution in [1.29, 1.82) is 0 Å². The van der Waals surface area contributed by atoms with Crippen LogP contribution in [0.5, 0.6) is 0 Å². The van der Waals surface area contributed by atoms with E-state index in [1.165, 1.54) is 13.0 Å². The summed E-state index contributed by atoms with van der Waals surface area (Å²) in [4.78, 5) is 11.0. The molecular formula is C8H11N4O3S-. The number of rotatable bonds is 4. The first-order chi connectivity index (χ1) is 7.54. The summed E-state index contributed by atoms with van der Waals surface area (Å²) >= 11 is -2.47. The average molecular weight is 243 g/mol. The van der Waals surface area contributed by atoms with E-state index in [-0.39, 0.29) is 17.3 Å². The van der Waals surface area contributed by atoms with Gasteiger partial charge in [0.05, 0.1) is 17.1 Å². The van der Waals surface area contributed by atoms with Crippen LogP contribution in [0.2, 0.25) is 0 Å². The van der Waals surface area contributed by atoms with Crippen LogP contribution in [0.25, 0.3) is 0 Å². The molecular weight excluding hydrogens is 232 g/mol. The van der Waals surface area contributed by atoms with Crippen molar-refractivity contribution in [3.8, 4) is 0 Å². The van der Waals surface area contributed by atoms with Crippen molar-refractivity contribution < 1.29 is 13.6 Å². The quantitative estimate of drug-likeness (QED) is 0.340. The van der Waals surface area contributed by atoms with Crippen LogP contribution >= 0.6 is 0 Å². The lowest BCUT2D eigenvalue weighted by Gasteiger charge is -2.16. The molecule has 0 spiro atoms. The number of anilines is 3. The van der Waals surface area contributed by atoms with Gasteiger partial charge in [-0.1, -0.05) is 6.07 Å². The summed E-state index contributed by atoms with van der Waals surface area (Å²) in [5.41, 5.74) is 3.28. The monoisotopic (exact) mass is 243 g/mol. The second-order valence-electron chi connectivity index (χ2n) is 2.89. The Morgan fingerprint density at radius 2 is 2.06 bits per heavy atom. The van der Waals surface area contributed by atoms with Gasteiger partial charge in [-0.2, -0.15) is 0 Å². The molecule has 0 radical (unpaired) electrons. The zero-order chi connectivity index (χ0) is 12.1. The topological polar surface area (TPSA) is 119 Å². The van der Waals surface area contributed by atoms with E-state index in [9.17, 15) is 13.6 Å². The molecule has 0 bridgehead atoms. The van der Waals surface area contributed by atoms with Crippen molar-refractivity contribution in [3.63, 3.8) is 0 Å². The minimum Gasteiger partial charge on any atom is -0.755 e. The molecule has 0 saturated heterocycles. The Bertz CT molecular complexity index is 424. The molecule has 16 heavy (non-hydrogen) atoms. The van der Waals surface area contributed by atoms with Gasteiger partial charge in [0, 0.05) is 18.2 Å². The smallest absolute Gasteiger partial charge is 0.221 e. The molecule has 0 fully saturated rings. The number of hydrazine groups is 1. The van der Waals surface area contributed by atoms with Crippen LogP contribution in [0.3, 0.4) is 0 Å². The number of para-hydroxylation sites is 1. The van der Waals surface area contributed by atoms with Crippen molar-refractivity contribution in [2.24, 2.45) is 5.84 Å². The van der Waals surface area contributed by atoms with Gasteiger partial charge >= 0.3 is 0 Å². The Morgan fingerprint density at radius 1 is 1.44 bits per heavy atom. The highest BCUT2D eigenvalue weighted by molar-refractivity contribution is 7.80. The lowest BCUT2D eigenvalue weighted by Crippen LogP contribution is -2.15. The van der Waals surface area contributed by atoms with Crippen LogP contribution in [-0.4, -0.2) is 14.7 Å². The van der Waals surface area contributed by atoms with Crippen molar-refractivity contribution in [2.75, 3.05) is 15.5 Å². The molecule has 1 atom stereocenters. The van der Waals surface area contributed by atoms with Crippen LogP contribution in [0.1, 0.15) is 6.92 Å². The van der Waals surface area contributed by atoms with Crippen LogP contribution in [-0.2, 0) is 16.1 Å². The second-order valence-corrected chi connectivity index (χ2v) is 3.56. The van der Waals surface area contributed by atoms with Gasteiger partial charge < -0.3 is 20.0 Å². The van der Waals surface area contributed by atoms with Crippen molar-refractivity contribution in [1.82, 2.24) is 0 Å². The first kappa shape index (κ1) is 12.4. The fourth-order valence-corrected chi connectivity index (χ4v) is 1.51. The second kappa shape index (κ2) is 5.45. The molecule has 0 aliphatic carbocycles. The summed E-state index contributed by atoms with van der Waals surface area (Å²) in [7, 11) is 0. The minimum atomic E-state index is -2.47. The predicted molar refractivity (Wildman–Crippen MR) is 61.1 cm³/mol. The normalized spacial score (nSPS) is 11.7. The molecule has 0 heterocycles. The van der Waals surface area contributed by atoms with Crippen molar-refractivity contribution in [3.05, 3.63) is 18.2 Å². The molecule has 7 nitrogen and oxygen atoms in total. The molecule has 1 unspecified atom stereocenters. The highest BCUT2D eigenvalue weighted by Crippen LogP contribution is 2.30. The number of nitrogens with two attached hydrogens (primary N) is 1. The Labute approximate surface area is 94.8 Å². The van der Waals surface area contributed by atoms with E-state index in [0.717, 1.165) is 0 Å². The summed E-state index contributed by atoms with van der Waals surface area (Å²) in [5.74, 6) is 4.91. The molecule has 1 aromatic rings. The summed E-state index contributed by atoms with van der Waals surface area (Å²) in [6, 6.07) is 4.70. The van der Waals surface area contributed by atoms with Crippen LogP contribution in [0, 0.1) is 0 Å². The molecule has 0 aliphatic rings.